The Bertz CT molecular complexity index is 657. The molecular formula is C18H24N2O. The van der Waals surface area contributed by atoms with Crippen LogP contribution in [0.15, 0.2) is 18.2 Å². The molecule has 112 valence electrons. The number of likely N-dealkylation sites (tertiary alicyclic amines) is 1. The lowest BCUT2D eigenvalue weighted by Crippen LogP contribution is -2.27. The molecule has 0 unspecified atom stereocenters. The van der Waals surface area contributed by atoms with Gasteiger partial charge in [-0.25, -0.2) is 0 Å². The molecule has 2 heterocycles. The predicted octanol–water partition coefficient (Wildman–Crippen LogP) is 3.69. The molecule has 0 radical (unpaired) electrons. The second kappa shape index (κ2) is 5.06. The van der Waals surface area contributed by atoms with Crippen LogP contribution < -0.4 is 4.74 Å². The molecule has 1 N–H and O–H groups in total. The van der Waals surface area contributed by atoms with Crippen LogP contribution in [-0.2, 0) is 6.42 Å². The molecule has 0 spiro atoms. The van der Waals surface area contributed by atoms with Crippen LogP contribution in [0.1, 0.15) is 42.9 Å². The van der Waals surface area contributed by atoms with Gasteiger partial charge in [0.25, 0.3) is 0 Å². The van der Waals surface area contributed by atoms with E-state index in [0.717, 1.165) is 11.7 Å². The first-order valence-electron chi connectivity index (χ1n) is 8.15. The van der Waals surface area contributed by atoms with Gasteiger partial charge in [-0.1, -0.05) is 0 Å². The molecule has 2 aromatic rings. The maximum absolute atomic E-state index is 5.43. The zero-order chi connectivity index (χ0) is 14.4. The molecule has 3 heteroatoms. The Morgan fingerprint density at radius 2 is 2.14 bits per heavy atom. The van der Waals surface area contributed by atoms with Crippen LogP contribution >= 0.6 is 0 Å². The molecule has 1 atom stereocenters. The Kier molecular flexibility index (Phi) is 3.18. The average Bonchev–Trinajstić information content (AvgIpc) is 3.18. The number of fused-ring (bicyclic) bond motifs is 1. The summed E-state index contributed by atoms with van der Waals surface area (Å²) in [5.74, 6) is 1.73. The summed E-state index contributed by atoms with van der Waals surface area (Å²) in [6.45, 7) is 1.25. The largest absolute Gasteiger partial charge is 0.497 e. The number of nitrogens with zero attached hydrogens (tertiary/aromatic N) is 1. The Morgan fingerprint density at radius 1 is 1.29 bits per heavy atom. The van der Waals surface area contributed by atoms with Gasteiger partial charge in [-0.3, -0.25) is 0 Å². The van der Waals surface area contributed by atoms with E-state index in [0.29, 0.717) is 6.04 Å². The quantitative estimate of drug-likeness (QED) is 0.927. The van der Waals surface area contributed by atoms with Crippen molar-refractivity contribution in [3.8, 4) is 5.75 Å². The molecule has 0 amide bonds. The van der Waals surface area contributed by atoms with Crippen LogP contribution in [-0.4, -0.2) is 36.6 Å². The number of nitrogens with one attached hydrogen (secondary N) is 1. The summed E-state index contributed by atoms with van der Waals surface area (Å²) in [5.41, 5.74) is 4.32. The van der Waals surface area contributed by atoms with Crippen LogP contribution in [0.2, 0.25) is 0 Å². The minimum absolute atomic E-state index is 0.702. The van der Waals surface area contributed by atoms with Crippen LogP contribution in [0.5, 0.6) is 5.75 Å². The summed E-state index contributed by atoms with van der Waals surface area (Å²) in [4.78, 5) is 6.22. The molecule has 0 bridgehead atoms. The first-order chi connectivity index (χ1) is 10.3. The number of aromatic amines is 1. The van der Waals surface area contributed by atoms with Gasteiger partial charge in [-0.15, -0.1) is 0 Å². The molecule has 1 aromatic heterocycles. The van der Waals surface area contributed by atoms with Crippen molar-refractivity contribution < 1.29 is 4.74 Å². The minimum atomic E-state index is 0.702. The maximum atomic E-state index is 5.43. The van der Waals surface area contributed by atoms with Gasteiger partial charge in [-0.05, 0) is 75.4 Å². The lowest BCUT2D eigenvalue weighted by atomic mass is 9.99. The third-order valence-corrected chi connectivity index (χ3v) is 5.24. The Labute approximate surface area is 126 Å². The molecule has 1 saturated heterocycles. The van der Waals surface area contributed by atoms with E-state index in [2.05, 4.69) is 35.1 Å². The van der Waals surface area contributed by atoms with Gasteiger partial charge >= 0.3 is 0 Å². The average molecular weight is 284 g/mol. The van der Waals surface area contributed by atoms with Gasteiger partial charge in [0.05, 0.1) is 7.11 Å². The molecule has 2 fully saturated rings. The third-order valence-electron chi connectivity index (χ3n) is 5.24. The summed E-state index contributed by atoms with van der Waals surface area (Å²) in [6, 6.07) is 7.14. The zero-order valence-corrected chi connectivity index (χ0v) is 13.0. The fraction of sp³-hybridized carbons (Fsp3) is 0.556. The van der Waals surface area contributed by atoms with Crippen molar-refractivity contribution in [1.82, 2.24) is 9.88 Å². The van der Waals surface area contributed by atoms with E-state index in [1.807, 2.05) is 0 Å². The van der Waals surface area contributed by atoms with E-state index in [-0.39, 0.29) is 0 Å². The van der Waals surface area contributed by atoms with E-state index < -0.39 is 0 Å². The maximum Gasteiger partial charge on any atom is 0.119 e. The number of ether oxygens (including phenoxy) is 1. The Hall–Kier alpha value is -1.48. The van der Waals surface area contributed by atoms with Crippen molar-refractivity contribution in [2.45, 2.75) is 44.1 Å². The van der Waals surface area contributed by atoms with Crippen LogP contribution in [0, 0.1) is 0 Å². The highest BCUT2D eigenvalue weighted by atomic mass is 16.5. The summed E-state index contributed by atoms with van der Waals surface area (Å²) in [7, 11) is 4.02. The molecule has 1 aromatic carbocycles. The fourth-order valence-electron chi connectivity index (χ4n) is 3.79. The van der Waals surface area contributed by atoms with E-state index >= 15 is 0 Å². The highest BCUT2D eigenvalue weighted by molar-refractivity contribution is 5.86. The molecular weight excluding hydrogens is 260 g/mol. The summed E-state index contributed by atoms with van der Waals surface area (Å²) < 4.78 is 5.43. The van der Waals surface area contributed by atoms with Gasteiger partial charge in [0.15, 0.2) is 0 Å². The van der Waals surface area contributed by atoms with Crippen molar-refractivity contribution in [3.63, 3.8) is 0 Å². The lowest BCUT2D eigenvalue weighted by molar-refractivity contribution is 0.309. The second-order valence-corrected chi connectivity index (χ2v) is 6.68. The first-order valence-corrected chi connectivity index (χ1v) is 8.15. The second-order valence-electron chi connectivity index (χ2n) is 6.68. The smallest absolute Gasteiger partial charge is 0.119 e. The standard InChI is InChI=1S/C18H24N2O/c1-20-9-3-4-13(20)10-16-15-11-14(21-2)7-8-17(15)19-18(16)12-5-6-12/h7-8,11-13,19H,3-6,9-10H2,1-2H3/t13-/m1/s1. The van der Waals surface area contributed by atoms with Gasteiger partial charge < -0.3 is 14.6 Å². The summed E-state index contributed by atoms with van der Waals surface area (Å²) >= 11 is 0. The summed E-state index contributed by atoms with van der Waals surface area (Å²) in [6.07, 6.45) is 6.54. The number of rotatable bonds is 4. The van der Waals surface area contributed by atoms with Gasteiger partial charge in [0.1, 0.15) is 5.75 Å². The Balaban J connectivity index is 1.77. The van der Waals surface area contributed by atoms with E-state index in [9.17, 15) is 0 Å². The molecule has 2 aliphatic rings. The van der Waals surface area contributed by atoms with Crippen LogP contribution in [0.3, 0.4) is 0 Å². The predicted molar refractivity (Wildman–Crippen MR) is 86.2 cm³/mol. The minimum Gasteiger partial charge on any atom is -0.497 e. The first kappa shape index (κ1) is 13.2. The molecule has 1 saturated carbocycles. The lowest BCUT2D eigenvalue weighted by Gasteiger charge is -2.20. The van der Waals surface area contributed by atoms with Crippen LogP contribution in [0.25, 0.3) is 10.9 Å². The zero-order valence-electron chi connectivity index (χ0n) is 13.0. The van der Waals surface area contributed by atoms with Gasteiger partial charge in [-0.2, -0.15) is 0 Å². The van der Waals surface area contributed by atoms with Crippen molar-refractivity contribution in [2.75, 3.05) is 20.7 Å². The molecule has 4 rings (SSSR count). The number of hydrogen-bond acceptors (Lipinski definition) is 2. The Morgan fingerprint density at radius 3 is 2.81 bits per heavy atom. The SMILES string of the molecule is COc1ccc2[nH]c(C3CC3)c(C[C@H]3CCCN3C)c2c1. The van der Waals surface area contributed by atoms with E-state index in [1.54, 1.807) is 12.7 Å². The van der Waals surface area contributed by atoms with Crippen molar-refractivity contribution in [3.05, 3.63) is 29.5 Å². The molecule has 3 nitrogen and oxygen atoms in total. The number of aromatic nitrogens is 1. The third kappa shape index (κ3) is 2.34. The number of likely N-dealkylation sites (N-methyl/N-ethyl adjacent to an activating group) is 1. The fourth-order valence-corrected chi connectivity index (χ4v) is 3.79. The van der Waals surface area contributed by atoms with Crippen molar-refractivity contribution in [1.29, 1.82) is 0 Å². The highest BCUT2D eigenvalue weighted by Crippen LogP contribution is 2.44. The van der Waals surface area contributed by atoms with Crippen molar-refractivity contribution in [2.24, 2.45) is 0 Å². The van der Waals surface area contributed by atoms with Gasteiger partial charge in [0, 0.05) is 22.6 Å². The molecule has 21 heavy (non-hydrogen) atoms. The molecule has 1 aliphatic heterocycles. The number of H-pyrrole nitrogens is 1. The van der Waals surface area contributed by atoms with Crippen molar-refractivity contribution >= 4 is 10.9 Å². The highest BCUT2D eigenvalue weighted by Gasteiger charge is 2.31. The normalized spacial score (nSPS) is 23.0. The van der Waals surface area contributed by atoms with E-state index in [4.69, 9.17) is 4.74 Å². The number of hydrogen-bond donors (Lipinski definition) is 1. The van der Waals surface area contributed by atoms with E-state index in [1.165, 1.54) is 55.2 Å². The number of benzene rings is 1. The van der Waals surface area contributed by atoms with Crippen LogP contribution in [0.4, 0.5) is 0 Å². The molecule has 1 aliphatic carbocycles. The topological polar surface area (TPSA) is 28.3 Å². The monoisotopic (exact) mass is 284 g/mol. The number of methoxy groups -OCH3 is 1. The van der Waals surface area contributed by atoms with Gasteiger partial charge in [0.2, 0.25) is 0 Å². The summed E-state index contributed by atoms with van der Waals surface area (Å²) in [5, 5.41) is 1.37.